The van der Waals surface area contributed by atoms with Gasteiger partial charge in [-0.25, -0.2) is 9.40 Å². The van der Waals surface area contributed by atoms with E-state index in [1.54, 1.807) is 12.1 Å². The molecule has 7 heteroatoms. The summed E-state index contributed by atoms with van der Waals surface area (Å²) in [5.41, 5.74) is 2.02. The molecule has 1 aliphatic rings. The summed E-state index contributed by atoms with van der Waals surface area (Å²) in [4.78, 5) is 2.21. The van der Waals surface area contributed by atoms with Crippen molar-refractivity contribution in [1.29, 1.82) is 0 Å². The van der Waals surface area contributed by atoms with Crippen LogP contribution in [0.25, 0.3) is 5.57 Å². The van der Waals surface area contributed by atoms with Gasteiger partial charge in [0.1, 0.15) is 5.82 Å². The third-order valence-corrected chi connectivity index (χ3v) is 3.35. The molecule has 98 valence electrons. The summed E-state index contributed by atoms with van der Waals surface area (Å²) in [5, 5.41) is 1.51. The van der Waals surface area contributed by atoms with Gasteiger partial charge in [-0.2, -0.15) is 8.42 Å². The third kappa shape index (κ3) is 3.78. The fourth-order valence-corrected chi connectivity index (χ4v) is 2.60. The second kappa shape index (κ2) is 5.36. The second-order valence-corrected chi connectivity index (χ2v) is 6.24. The number of rotatable bonds is 3. The lowest BCUT2D eigenvalue weighted by molar-refractivity contribution is 0.269. The summed E-state index contributed by atoms with van der Waals surface area (Å²) in [7, 11) is 1.35. The lowest BCUT2D eigenvalue weighted by Gasteiger charge is -2.25. The fourth-order valence-electron chi connectivity index (χ4n) is 1.83. The van der Waals surface area contributed by atoms with Crippen molar-refractivity contribution < 1.29 is 12.8 Å². The minimum Gasteiger partial charge on any atom is -0.226 e. The Kier molecular flexibility index (Phi) is 4.01. The average molecular weight is 291 g/mol. The highest BCUT2D eigenvalue weighted by Crippen LogP contribution is 2.22. The van der Waals surface area contributed by atoms with Crippen LogP contribution in [-0.2, 0) is 9.24 Å². The van der Waals surface area contributed by atoms with Crippen LogP contribution in [0.1, 0.15) is 12.0 Å². The van der Waals surface area contributed by atoms with E-state index in [0.717, 1.165) is 11.1 Å². The number of benzene rings is 1. The highest BCUT2D eigenvalue weighted by molar-refractivity contribution is 8.12. The Morgan fingerprint density at radius 3 is 2.44 bits per heavy atom. The fraction of sp³-hybridized carbons (Fsp3) is 0.273. The van der Waals surface area contributed by atoms with Crippen LogP contribution in [0.4, 0.5) is 4.39 Å². The number of halogens is 2. The van der Waals surface area contributed by atoms with Gasteiger partial charge in [0, 0.05) is 23.8 Å². The van der Waals surface area contributed by atoms with Crippen molar-refractivity contribution in [2.75, 3.05) is 13.1 Å². The van der Waals surface area contributed by atoms with Gasteiger partial charge in [-0.1, -0.05) is 18.2 Å². The number of hydrogen-bond donors (Lipinski definition) is 1. The van der Waals surface area contributed by atoms with Crippen LogP contribution < -0.4 is 4.83 Å². The van der Waals surface area contributed by atoms with E-state index < -0.39 is 9.24 Å². The summed E-state index contributed by atoms with van der Waals surface area (Å²) < 4.78 is 34.5. The van der Waals surface area contributed by atoms with Crippen molar-refractivity contribution in [3.05, 3.63) is 41.7 Å². The number of nitrogens with one attached hydrogen (secondary N) is 1. The van der Waals surface area contributed by atoms with Crippen molar-refractivity contribution in [2.24, 2.45) is 0 Å². The number of nitrogens with zero attached hydrogens (tertiary/aromatic N) is 1. The molecule has 2 rings (SSSR count). The van der Waals surface area contributed by atoms with E-state index in [0.29, 0.717) is 19.5 Å². The van der Waals surface area contributed by atoms with Gasteiger partial charge in [-0.05, 0) is 29.7 Å². The van der Waals surface area contributed by atoms with E-state index in [2.05, 4.69) is 4.83 Å². The van der Waals surface area contributed by atoms with Gasteiger partial charge in [0.25, 0.3) is 0 Å². The maximum atomic E-state index is 12.8. The normalized spacial score (nSPS) is 17.6. The van der Waals surface area contributed by atoms with Crippen LogP contribution in [0, 0.1) is 5.82 Å². The molecular formula is C11H12ClFN2O2S. The highest BCUT2D eigenvalue weighted by atomic mass is 35.7. The van der Waals surface area contributed by atoms with Crippen LogP contribution in [0.2, 0.25) is 0 Å². The Labute approximate surface area is 110 Å². The molecule has 0 aromatic heterocycles. The molecule has 1 aliphatic heterocycles. The molecule has 1 N–H and O–H groups in total. The SMILES string of the molecule is O=S(=O)(Cl)NN1CC=C(c2ccc(F)cc2)CC1. The zero-order valence-corrected chi connectivity index (χ0v) is 11.0. The Hall–Kier alpha value is -0.950. The van der Waals surface area contributed by atoms with Gasteiger partial charge in [0.05, 0.1) is 0 Å². The van der Waals surface area contributed by atoms with Gasteiger partial charge >= 0.3 is 9.24 Å². The maximum absolute atomic E-state index is 12.8. The lowest BCUT2D eigenvalue weighted by Crippen LogP contribution is -2.42. The first kappa shape index (κ1) is 13.5. The maximum Gasteiger partial charge on any atom is 0.310 e. The van der Waals surface area contributed by atoms with E-state index in [1.165, 1.54) is 17.1 Å². The Morgan fingerprint density at radius 1 is 1.28 bits per heavy atom. The molecule has 0 spiro atoms. The molecule has 0 radical (unpaired) electrons. The molecule has 0 bridgehead atoms. The van der Waals surface area contributed by atoms with Gasteiger partial charge in [0.2, 0.25) is 0 Å². The molecule has 1 heterocycles. The lowest BCUT2D eigenvalue weighted by atomic mass is 10.0. The van der Waals surface area contributed by atoms with Crippen LogP contribution in [0.15, 0.2) is 30.3 Å². The summed E-state index contributed by atoms with van der Waals surface area (Å²) in [5.74, 6) is -0.272. The van der Waals surface area contributed by atoms with E-state index in [9.17, 15) is 12.8 Å². The van der Waals surface area contributed by atoms with E-state index in [1.807, 2.05) is 6.08 Å². The zero-order valence-electron chi connectivity index (χ0n) is 9.44. The first-order valence-corrected chi connectivity index (χ1v) is 7.67. The molecule has 0 saturated carbocycles. The molecule has 0 aliphatic carbocycles. The van der Waals surface area contributed by atoms with Crippen molar-refractivity contribution in [3.63, 3.8) is 0 Å². The smallest absolute Gasteiger partial charge is 0.226 e. The summed E-state index contributed by atoms with van der Waals surface area (Å²) in [6.07, 6.45) is 2.57. The van der Waals surface area contributed by atoms with Crippen molar-refractivity contribution >= 4 is 25.5 Å². The standard InChI is InChI=1S/C11H12ClFN2O2S/c12-18(16,17)14-15-7-5-10(6-8-15)9-1-3-11(13)4-2-9/h1-5,14H,6-8H2. The minimum absolute atomic E-state index is 0.272. The molecule has 0 saturated heterocycles. The monoisotopic (exact) mass is 290 g/mol. The third-order valence-electron chi connectivity index (χ3n) is 2.66. The van der Waals surface area contributed by atoms with Gasteiger partial charge < -0.3 is 0 Å². The minimum atomic E-state index is -3.74. The summed E-state index contributed by atoms with van der Waals surface area (Å²) in [6, 6.07) is 6.24. The second-order valence-electron chi connectivity index (χ2n) is 3.96. The van der Waals surface area contributed by atoms with Crippen LogP contribution >= 0.6 is 10.7 Å². The van der Waals surface area contributed by atoms with Crippen molar-refractivity contribution in [1.82, 2.24) is 9.84 Å². The molecule has 1 aromatic carbocycles. The number of hydrazine groups is 1. The molecule has 0 unspecified atom stereocenters. The highest BCUT2D eigenvalue weighted by Gasteiger charge is 2.16. The van der Waals surface area contributed by atoms with E-state index in [-0.39, 0.29) is 5.82 Å². The molecule has 18 heavy (non-hydrogen) atoms. The van der Waals surface area contributed by atoms with Crippen molar-refractivity contribution in [3.8, 4) is 0 Å². The van der Waals surface area contributed by atoms with Crippen LogP contribution in [-0.4, -0.2) is 26.5 Å². The first-order chi connectivity index (χ1) is 8.44. The van der Waals surface area contributed by atoms with Crippen LogP contribution in [0.3, 0.4) is 0 Å². The quantitative estimate of drug-likeness (QED) is 0.865. The van der Waals surface area contributed by atoms with Crippen LogP contribution in [0.5, 0.6) is 0 Å². The molecule has 0 fully saturated rings. The van der Waals surface area contributed by atoms with Gasteiger partial charge in [0.15, 0.2) is 0 Å². The van der Waals surface area contributed by atoms with E-state index in [4.69, 9.17) is 10.7 Å². The molecule has 0 amide bonds. The molecule has 1 aromatic rings. The van der Waals surface area contributed by atoms with Crippen molar-refractivity contribution in [2.45, 2.75) is 6.42 Å². The number of hydrogen-bond acceptors (Lipinski definition) is 3. The predicted molar refractivity (Wildman–Crippen MR) is 68.5 cm³/mol. The average Bonchev–Trinajstić information content (AvgIpc) is 2.29. The first-order valence-electron chi connectivity index (χ1n) is 5.36. The van der Waals surface area contributed by atoms with Gasteiger partial charge in [-0.3, -0.25) is 0 Å². The molecular weight excluding hydrogens is 279 g/mol. The summed E-state index contributed by atoms with van der Waals surface area (Å²) in [6.45, 7) is 0.952. The predicted octanol–water partition coefficient (Wildman–Crippen LogP) is 1.90. The molecule has 4 nitrogen and oxygen atoms in total. The largest absolute Gasteiger partial charge is 0.310 e. The Bertz CT molecular complexity index is 557. The van der Waals surface area contributed by atoms with Gasteiger partial charge in [-0.15, -0.1) is 4.83 Å². The summed E-state index contributed by atoms with van der Waals surface area (Å²) >= 11 is 0. The Morgan fingerprint density at radius 2 is 1.94 bits per heavy atom. The Balaban J connectivity index is 2.05. The topological polar surface area (TPSA) is 49.4 Å². The zero-order chi connectivity index (χ0) is 13.2. The van der Waals surface area contributed by atoms with E-state index >= 15 is 0 Å². The molecule has 0 atom stereocenters.